The summed E-state index contributed by atoms with van der Waals surface area (Å²) in [5, 5.41) is 12.2. The molecule has 1 aliphatic rings. The van der Waals surface area contributed by atoms with E-state index < -0.39 is 17.4 Å². The van der Waals surface area contributed by atoms with E-state index in [4.69, 9.17) is 0 Å². The molecule has 124 valence electrons. The van der Waals surface area contributed by atoms with E-state index in [0.29, 0.717) is 29.9 Å². The predicted molar refractivity (Wildman–Crippen MR) is 88.9 cm³/mol. The van der Waals surface area contributed by atoms with Crippen molar-refractivity contribution in [3.05, 3.63) is 35.4 Å². The van der Waals surface area contributed by atoms with Crippen LogP contribution in [0.5, 0.6) is 0 Å². The van der Waals surface area contributed by atoms with Gasteiger partial charge in [-0.15, -0.1) is 0 Å². The van der Waals surface area contributed by atoms with E-state index in [1.807, 2.05) is 0 Å². The molecule has 0 spiro atoms. The van der Waals surface area contributed by atoms with Crippen LogP contribution in [-0.4, -0.2) is 58.9 Å². The minimum atomic E-state index is -1.22. The number of thioether (sulfide) groups is 1. The fourth-order valence-corrected chi connectivity index (χ4v) is 3.64. The summed E-state index contributed by atoms with van der Waals surface area (Å²) >= 11 is 1.68. The van der Waals surface area contributed by atoms with E-state index in [0.717, 1.165) is 0 Å². The average Bonchev–Trinajstić information content (AvgIpc) is 2.54. The van der Waals surface area contributed by atoms with Gasteiger partial charge < -0.3 is 15.3 Å². The monoisotopic (exact) mass is 336 g/mol. The molecule has 1 aromatic rings. The Morgan fingerprint density at radius 1 is 1.17 bits per heavy atom. The molecular formula is C16H20N2O4S. The predicted octanol–water partition coefficient (Wildman–Crippen LogP) is 1.47. The van der Waals surface area contributed by atoms with Crippen molar-refractivity contribution < 1.29 is 19.5 Å². The van der Waals surface area contributed by atoms with Crippen molar-refractivity contribution in [3.63, 3.8) is 0 Å². The van der Waals surface area contributed by atoms with Gasteiger partial charge in [-0.25, -0.2) is 4.79 Å². The summed E-state index contributed by atoms with van der Waals surface area (Å²) in [7, 11) is 3.27. The molecule has 7 heteroatoms. The molecule has 2 N–H and O–H groups in total. The van der Waals surface area contributed by atoms with Crippen LogP contribution >= 0.6 is 11.8 Å². The van der Waals surface area contributed by atoms with Crippen LogP contribution in [0, 0.1) is 0 Å². The van der Waals surface area contributed by atoms with Crippen molar-refractivity contribution in [2.24, 2.45) is 0 Å². The highest BCUT2D eigenvalue weighted by molar-refractivity contribution is 7.99. The zero-order valence-corrected chi connectivity index (χ0v) is 14.0. The van der Waals surface area contributed by atoms with Crippen LogP contribution in [0.3, 0.4) is 0 Å². The first kappa shape index (κ1) is 17.3. The SMILES string of the molecule is CN(C)C(=O)c1cccc(C(=O)NC2(C(=O)O)CCSCC2)c1. The van der Waals surface area contributed by atoms with Crippen LogP contribution < -0.4 is 5.32 Å². The number of rotatable bonds is 4. The molecule has 0 bridgehead atoms. The Labute approximate surface area is 139 Å². The van der Waals surface area contributed by atoms with E-state index in [-0.39, 0.29) is 11.5 Å². The molecule has 1 aliphatic heterocycles. The summed E-state index contributed by atoms with van der Waals surface area (Å²) < 4.78 is 0. The summed E-state index contributed by atoms with van der Waals surface area (Å²) in [5.74, 6) is -0.279. The van der Waals surface area contributed by atoms with E-state index in [1.54, 1.807) is 44.1 Å². The van der Waals surface area contributed by atoms with Gasteiger partial charge >= 0.3 is 5.97 Å². The van der Waals surface area contributed by atoms with Crippen LogP contribution in [0.4, 0.5) is 0 Å². The number of amides is 2. The van der Waals surface area contributed by atoms with E-state index >= 15 is 0 Å². The minimum Gasteiger partial charge on any atom is -0.480 e. The highest BCUT2D eigenvalue weighted by Gasteiger charge is 2.41. The van der Waals surface area contributed by atoms with Crippen LogP contribution in [0.25, 0.3) is 0 Å². The lowest BCUT2D eigenvalue weighted by atomic mass is 9.91. The molecule has 23 heavy (non-hydrogen) atoms. The fourth-order valence-electron chi connectivity index (χ4n) is 2.45. The van der Waals surface area contributed by atoms with E-state index in [1.165, 1.54) is 11.0 Å². The number of carboxylic acid groups (broad SMARTS) is 1. The van der Waals surface area contributed by atoms with Gasteiger partial charge in [-0.3, -0.25) is 9.59 Å². The molecule has 0 aliphatic carbocycles. The molecule has 1 heterocycles. The van der Waals surface area contributed by atoms with Crippen molar-refractivity contribution in [1.29, 1.82) is 0 Å². The van der Waals surface area contributed by atoms with Gasteiger partial charge in [0.1, 0.15) is 5.54 Å². The summed E-state index contributed by atoms with van der Waals surface area (Å²) in [6, 6.07) is 6.32. The Balaban J connectivity index is 2.21. The van der Waals surface area contributed by atoms with Gasteiger partial charge in [0.15, 0.2) is 0 Å². The number of benzene rings is 1. The maximum absolute atomic E-state index is 12.5. The van der Waals surface area contributed by atoms with Crippen LogP contribution in [0.1, 0.15) is 33.6 Å². The Morgan fingerprint density at radius 3 is 2.35 bits per heavy atom. The number of carboxylic acids is 1. The molecule has 0 saturated carbocycles. The lowest BCUT2D eigenvalue weighted by Crippen LogP contribution is -2.56. The number of aliphatic carboxylic acids is 1. The van der Waals surface area contributed by atoms with Crippen LogP contribution in [0.2, 0.25) is 0 Å². The molecular weight excluding hydrogens is 316 g/mol. The quantitative estimate of drug-likeness (QED) is 0.869. The first-order valence-corrected chi connectivity index (χ1v) is 8.46. The molecule has 0 atom stereocenters. The zero-order valence-electron chi connectivity index (χ0n) is 13.2. The first-order chi connectivity index (χ1) is 10.9. The van der Waals surface area contributed by atoms with Crippen molar-refractivity contribution in [1.82, 2.24) is 10.2 Å². The standard InChI is InChI=1S/C16H20N2O4S/c1-18(2)14(20)12-5-3-4-11(10-12)13(19)17-16(15(21)22)6-8-23-9-7-16/h3-5,10H,6-9H2,1-2H3,(H,17,19)(H,21,22). The third-order valence-electron chi connectivity index (χ3n) is 3.89. The average molecular weight is 336 g/mol. The van der Waals surface area contributed by atoms with Gasteiger partial charge in [-0.05, 0) is 42.5 Å². The molecule has 1 saturated heterocycles. The second kappa shape index (κ2) is 7.04. The Kier molecular flexibility index (Phi) is 5.30. The Hall–Kier alpha value is -2.02. The fraction of sp³-hybridized carbons (Fsp3) is 0.438. The minimum absolute atomic E-state index is 0.207. The number of nitrogens with zero attached hydrogens (tertiary/aromatic N) is 1. The zero-order chi connectivity index (χ0) is 17.0. The molecule has 0 unspecified atom stereocenters. The Bertz CT molecular complexity index is 624. The summed E-state index contributed by atoms with van der Waals surface area (Å²) in [4.78, 5) is 37.5. The summed E-state index contributed by atoms with van der Waals surface area (Å²) in [5.41, 5.74) is -0.535. The topological polar surface area (TPSA) is 86.7 Å². The van der Waals surface area contributed by atoms with E-state index in [2.05, 4.69) is 5.32 Å². The van der Waals surface area contributed by atoms with Gasteiger partial charge in [-0.1, -0.05) is 6.07 Å². The second-order valence-electron chi connectivity index (χ2n) is 5.73. The second-order valence-corrected chi connectivity index (χ2v) is 6.96. The molecule has 0 aromatic heterocycles. The number of carbonyl (C=O) groups excluding carboxylic acids is 2. The lowest BCUT2D eigenvalue weighted by Gasteiger charge is -2.33. The molecule has 1 aromatic carbocycles. The van der Waals surface area contributed by atoms with Crippen LogP contribution in [-0.2, 0) is 4.79 Å². The summed E-state index contributed by atoms with van der Waals surface area (Å²) in [6.07, 6.45) is 0.796. The molecule has 0 radical (unpaired) electrons. The number of carbonyl (C=O) groups is 3. The molecule has 1 fully saturated rings. The van der Waals surface area contributed by atoms with Gasteiger partial charge in [0.25, 0.3) is 11.8 Å². The van der Waals surface area contributed by atoms with Gasteiger partial charge in [0.2, 0.25) is 0 Å². The number of nitrogens with one attached hydrogen (secondary N) is 1. The van der Waals surface area contributed by atoms with Crippen molar-refractivity contribution >= 4 is 29.5 Å². The van der Waals surface area contributed by atoms with Gasteiger partial charge in [0, 0.05) is 25.2 Å². The molecule has 2 amide bonds. The number of hydrogen-bond donors (Lipinski definition) is 2. The normalized spacial score (nSPS) is 16.4. The van der Waals surface area contributed by atoms with Gasteiger partial charge in [-0.2, -0.15) is 11.8 Å². The van der Waals surface area contributed by atoms with Crippen molar-refractivity contribution in [2.45, 2.75) is 18.4 Å². The highest BCUT2D eigenvalue weighted by Crippen LogP contribution is 2.27. The summed E-state index contributed by atoms with van der Waals surface area (Å²) in [6.45, 7) is 0. The maximum atomic E-state index is 12.5. The highest BCUT2D eigenvalue weighted by atomic mass is 32.2. The lowest BCUT2D eigenvalue weighted by molar-refractivity contribution is -0.144. The smallest absolute Gasteiger partial charge is 0.329 e. The third kappa shape index (κ3) is 3.85. The Morgan fingerprint density at radius 2 is 1.78 bits per heavy atom. The largest absolute Gasteiger partial charge is 0.480 e. The number of hydrogen-bond acceptors (Lipinski definition) is 4. The molecule has 2 rings (SSSR count). The van der Waals surface area contributed by atoms with Gasteiger partial charge in [0.05, 0.1) is 0 Å². The van der Waals surface area contributed by atoms with Crippen molar-refractivity contribution in [3.8, 4) is 0 Å². The third-order valence-corrected chi connectivity index (χ3v) is 4.87. The maximum Gasteiger partial charge on any atom is 0.329 e. The van der Waals surface area contributed by atoms with Crippen molar-refractivity contribution in [2.75, 3.05) is 25.6 Å². The van der Waals surface area contributed by atoms with Crippen LogP contribution in [0.15, 0.2) is 24.3 Å². The van der Waals surface area contributed by atoms with E-state index in [9.17, 15) is 19.5 Å². The molecule has 6 nitrogen and oxygen atoms in total. The first-order valence-electron chi connectivity index (χ1n) is 7.31.